The highest BCUT2D eigenvalue weighted by Crippen LogP contribution is 2.23. The van der Waals surface area contributed by atoms with Gasteiger partial charge in [0.25, 0.3) is 5.91 Å². The molecule has 0 saturated carbocycles. The van der Waals surface area contributed by atoms with Crippen LogP contribution in [0.15, 0.2) is 53.6 Å². The minimum Gasteiger partial charge on any atom is -0.507 e. The number of benzene rings is 2. The van der Waals surface area contributed by atoms with Crippen LogP contribution in [-0.4, -0.2) is 36.4 Å². The number of carbonyl (C=O) groups excluding carboxylic acids is 2. The van der Waals surface area contributed by atoms with Crippen molar-refractivity contribution in [1.29, 1.82) is 0 Å². The molecule has 8 nitrogen and oxygen atoms in total. The second-order valence-electron chi connectivity index (χ2n) is 5.09. The lowest BCUT2D eigenvalue weighted by Gasteiger charge is -2.11. The summed E-state index contributed by atoms with van der Waals surface area (Å²) in [5.41, 5.74) is 3.23. The molecule has 0 radical (unpaired) electrons. The SMILES string of the molecule is CCOc1ccccc1NC(=O)NCC(=O)N/N=C/c1ccccc1O. The van der Waals surface area contributed by atoms with Gasteiger partial charge in [-0.2, -0.15) is 5.10 Å². The molecule has 0 aliphatic rings. The van der Waals surface area contributed by atoms with Gasteiger partial charge in [0.15, 0.2) is 0 Å². The highest BCUT2D eigenvalue weighted by atomic mass is 16.5. The molecule has 0 saturated heterocycles. The van der Waals surface area contributed by atoms with E-state index in [2.05, 4.69) is 21.2 Å². The van der Waals surface area contributed by atoms with Gasteiger partial charge in [0.1, 0.15) is 18.0 Å². The number of carbonyl (C=O) groups is 2. The quantitative estimate of drug-likeness (QED) is 0.449. The van der Waals surface area contributed by atoms with E-state index in [1.807, 2.05) is 6.92 Å². The van der Waals surface area contributed by atoms with Crippen molar-refractivity contribution < 1.29 is 19.4 Å². The molecule has 2 aromatic rings. The van der Waals surface area contributed by atoms with Crippen LogP contribution in [0.3, 0.4) is 0 Å². The second-order valence-corrected chi connectivity index (χ2v) is 5.09. The van der Waals surface area contributed by atoms with Crippen molar-refractivity contribution in [2.75, 3.05) is 18.5 Å². The summed E-state index contributed by atoms with van der Waals surface area (Å²) in [6.45, 7) is 2.05. The molecule has 2 rings (SSSR count). The molecule has 0 bridgehead atoms. The lowest BCUT2D eigenvalue weighted by molar-refractivity contribution is -0.120. The van der Waals surface area contributed by atoms with Crippen LogP contribution in [0.1, 0.15) is 12.5 Å². The average Bonchev–Trinajstić information content (AvgIpc) is 2.63. The van der Waals surface area contributed by atoms with E-state index >= 15 is 0 Å². The standard InChI is InChI=1S/C18H20N4O4/c1-2-26-16-10-6-4-8-14(16)21-18(25)19-12-17(24)22-20-11-13-7-3-5-9-15(13)23/h3-11,23H,2,12H2,1H3,(H,22,24)(H2,19,21,25)/b20-11+. The van der Waals surface area contributed by atoms with Crippen LogP contribution < -0.4 is 20.8 Å². The Morgan fingerprint density at radius 2 is 1.88 bits per heavy atom. The van der Waals surface area contributed by atoms with Crippen molar-refractivity contribution in [1.82, 2.24) is 10.7 Å². The zero-order chi connectivity index (χ0) is 18.8. The van der Waals surface area contributed by atoms with Crippen molar-refractivity contribution in [3.05, 3.63) is 54.1 Å². The maximum atomic E-state index is 11.9. The molecule has 136 valence electrons. The molecule has 0 atom stereocenters. The predicted octanol–water partition coefficient (Wildman–Crippen LogP) is 2.06. The van der Waals surface area contributed by atoms with Crippen LogP contribution in [0.5, 0.6) is 11.5 Å². The number of para-hydroxylation sites is 3. The van der Waals surface area contributed by atoms with E-state index in [1.54, 1.807) is 42.5 Å². The third kappa shape index (κ3) is 5.82. The smallest absolute Gasteiger partial charge is 0.319 e. The molecule has 26 heavy (non-hydrogen) atoms. The Kier molecular flexibility index (Phi) is 6.99. The van der Waals surface area contributed by atoms with Gasteiger partial charge in [0.05, 0.1) is 18.5 Å². The number of hydrazone groups is 1. The predicted molar refractivity (Wildman–Crippen MR) is 98.5 cm³/mol. The van der Waals surface area contributed by atoms with Gasteiger partial charge in [-0.05, 0) is 31.2 Å². The number of hydrogen-bond acceptors (Lipinski definition) is 5. The summed E-state index contributed by atoms with van der Waals surface area (Å²) in [6, 6.07) is 13.0. The van der Waals surface area contributed by atoms with Crippen molar-refractivity contribution >= 4 is 23.8 Å². The number of nitrogens with zero attached hydrogens (tertiary/aromatic N) is 1. The third-order valence-corrected chi connectivity index (χ3v) is 3.17. The van der Waals surface area contributed by atoms with E-state index in [9.17, 15) is 14.7 Å². The number of phenols is 1. The van der Waals surface area contributed by atoms with E-state index in [0.29, 0.717) is 23.6 Å². The van der Waals surface area contributed by atoms with Crippen molar-refractivity contribution in [3.8, 4) is 11.5 Å². The molecule has 3 amide bonds. The maximum Gasteiger partial charge on any atom is 0.319 e. The number of amides is 3. The first-order valence-electron chi connectivity index (χ1n) is 7.96. The maximum absolute atomic E-state index is 11.9. The third-order valence-electron chi connectivity index (χ3n) is 3.17. The fraction of sp³-hybridized carbons (Fsp3) is 0.167. The Labute approximate surface area is 150 Å². The minimum absolute atomic E-state index is 0.0518. The lowest BCUT2D eigenvalue weighted by Crippen LogP contribution is -2.37. The van der Waals surface area contributed by atoms with Crippen molar-refractivity contribution in [2.24, 2.45) is 5.10 Å². The zero-order valence-corrected chi connectivity index (χ0v) is 14.2. The van der Waals surface area contributed by atoms with E-state index < -0.39 is 11.9 Å². The highest BCUT2D eigenvalue weighted by Gasteiger charge is 2.08. The Balaban J connectivity index is 1.78. The van der Waals surface area contributed by atoms with E-state index in [-0.39, 0.29) is 12.3 Å². The molecule has 0 spiro atoms. The molecular formula is C18H20N4O4. The van der Waals surface area contributed by atoms with Gasteiger partial charge in [0.2, 0.25) is 0 Å². The molecule has 8 heteroatoms. The molecule has 0 aliphatic heterocycles. The first-order valence-corrected chi connectivity index (χ1v) is 7.96. The number of aromatic hydroxyl groups is 1. The van der Waals surface area contributed by atoms with Gasteiger partial charge in [-0.1, -0.05) is 24.3 Å². The lowest BCUT2D eigenvalue weighted by atomic mass is 10.2. The van der Waals surface area contributed by atoms with Gasteiger partial charge in [-0.25, -0.2) is 10.2 Å². The van der Waals surface area contributed by atoms with Crippen LogP contribution in [0, 0.1) is 0 Å². The van der Waals surface area contributed by atoms with Crippen molar-refractivity contribution in [3.63, 3.8) is 0 Å². The number of nitrogens with one attached hydrogen (secondary N) is 3. The Hall–Kier alpha value is -3.55. The first-order chi connectivity index (χ1) is 12.6. The molecule has 2 aromatic carbocycles. The van der Waals surface area contributed by atoms with Gasteiger partial charge < -0.3 is 20.5 Å². The Morgan fingerprint density at radius 3 is 2.65 bits per heavy atom. The average molecular weight is 356 g/mol. The molecule has 0 aromatic heterocycles. The normalized spacial score (nSPS) is 10.3. The summed E-state index contributed by atoms with van der Waals surface area (Å²) in [7, 11) is 0. The van der Waals surface area contributed by atoms with Crippen molar-refractivity contribution in [2.45, 2.75) is 6.92 Å². The van der Waals surface area contributed by atoms with Crippen LogP contribution in [0.2, 0.25) is 0 Å². The molecule has 0 unspecified atom stereocenters. The number of rotatable bonds is 7. The van der Waals surface area contributed by atoms with Crippen LogP contribution >= 0.6 is 0 Å². The van der Waals surface area contributed by atoms with E-state index in [4.69, 9.17) is 4.74 Å². The van der Waals surface area contributed by atoms with Gasteiger partial charge in [-0.15, -0.1) is 0 Å². The topological polar surface area (TPSA) is 112 Å². The summed E-state index contributed by atoms with van der Waals surface area (Å²) < 4.78 is 5.41. The summed E-state index contributed by atoms with van der Waals surface area (Å²) in [6.07, 6.45) is 1.31. The molecule has 0 heterocycles. The summed E-state index contributed by atoms with van der Waals surface area (Å²) in [4.78, 5) is 23.6. The molecular weight excluding hydrogens is 336 g/mol. The molecule has 4 N–H and O–H groups in total. The first kappa shape index (κ1) is 18.8. The van der Waals surface area contributed by atoms with Crippen LogP contribution in [-0.2, 0) is 4.79 Å². The molecule has 0 fully saturated rings. The summed E-state index contributed by atoms with van der Waals surface area (Å²) >= 11 is 0. The minimum atomic E-state index is -0.544. The summed E-state index contributed by atoms with van der Waals surface area (Å²) in [5.74, 6) is 0.0859. The Bertz CT molecular complexity index is 792. The second kappa shape index (κ2) is 9.67. The molecule has 0 aliphatic carbocycles. The monoisotopic (exact) mass is 356 g/mol. The fourth-order valence-electron chi connectivity index (χ4n) is 1.99. The number of ether oxygens (including phenoxy) is 1. The van der Waals surface area contributed by atoms with Crippen LogP contribution in [0.25, 0.3) is 0 Å². The fourth-order valence-corrected chi connectivity index (χ4v) is 1.99. The number of phenolic OH excluding ortho intramolecular Hbond substituents is 1. The number of urea groups is 1. The zero-order valence-electron chi connectivity index (χ0n) is 14.2. The van der Waals surface area contributed by atoms with Gasteiger partial charge in [-0.3, -0.25) is 4.79 Å². The van der Waals surface area contributed by atoms with E-state index in [1.165, 1.54) is 12.3 Å². The van der Waals surface area contributed by atoms with E-state index in [0.717, 1.165) is 0 Å². The highest BCUT2D eigenvalue weighted by molar-refractivity contribution is 5.93. The van der Waals surface area contributed by atoms with Gasteiger partial charge >= 0.3 is 6.03 Å². The Morgan fingerprint density at radius 1 is 1.15 bits per heavy atom. The number of anilines is 1. The largest absolute Gasteiger partial charge is 0.507 e. The van der Waals surface area contributed by atoms with Gasteiger partial charge in [0, 0.05) is 5.56 Å². The van der Waals surface area contributed by atoms with Crippen LogP contribution in [0.4, 0.5) is 10.5 Å². The summed E-state index contributed by atoms with van der Waals surface area (Å²) in [5, 5.41) is 18.3. The number of hydrogen-bond donors (Lipinski definition) is 4.